The Kier molecular flexibility index (Phi) is 5.36. The monoisotopic (exact) mass is 362 g/mol. The van der Waals surface area contributed by atoms with Crippen molar-refractivity contribution >= 4 is 31.8 Å². The minimum atomic E-state index is -3.60. The molecule has 0 unspecified atom stereocenters. The van der Waals surface area contributed by atoms with E-state index in [1.807, 2.05) is 0 Å². The van der Waals surface area contributed by atoms with Gasteiger partial charge in [-0.25, -0.2) is 24.0 Å². The number of pyridine rings is 1. The summed E-state index contributed by atoms with van der Waals surface area (Å²) in [6, 6.07) is 1.49. The molecule has 2 rings (SSSR count). The zero-order valence-electron chi connectivity index (χ0n) is 11.1. The first kappa shape index (κ1) is 15.7. The van der Waals surface area contributed by atoms with Crippen LogP contribution in [-0.2, 0) is 10.0 Å². The van der Waals surface area contributed by atoms with E-state index in [1.54, 1.807) is 0 Å². The van der Waals surface area contributed by atoms with Crippen LogP contribution in [0.1, 0.15) is 32.1 Å². The molecule has 0 radical (unpaired) electrons. The molecule has 0 bridgehead atoms. The Morgan fingerprint density at radius 1 is 1.40 bits per heavy atom. The summed E-state index contributed by atoms with van der Waals surface area (Å²) in [6.07, 6.45) is 7.30. The van der Waals surface area contributed by atoms with E-state index >= 15 is 0 Å². The normalized spacial score (nSPS) is 16.5. The van der Waals surface area contributed by atoms with Gasteiger partial charge in [0.1, 0.15) is 4.90 Å². The lowest BCUT2D eigenvalue weighted by Gasteiger charge is -2.12. The molecule has 0 spiro atoms. The zero-order valence-corrected chi connectivity index (χ0v) is 13.5. The Labute approximate surface area is 127 Å². The van der Waals surface area contributed by atoms with E-state index in [9.17, 15) is 8.42 Å². The maximum absolute atomic E-state index is 12.3. The van der Waals surface area contributed by atoms with Crippen molar-refractivity contribution in [2.75, 3.05) is 12.0 Å². The van der Waals surface area contributed by atoms with E-state index in [0.29, 0.717) is 16.9 Å². The fourth-order valence-electron chi connectivity index (χ4n) is 2.51. The van der Waals surface area contributed by atoms with Crippen molar-refractivity contribution in [1.82, 2.24) is 9.71 Å². The third-order valence-electron chi connectivity index (χ3n) is 3.57. The van der Waals surface area contributed by atoms with E-state index in [0.717, 1.165) is 6.42 Å². The van der Waals surface area contributed by atoms with E-state index in [-0.39, 0.29) is 10.7 Å². The lowest BCUT2D eigenvalue weighted by molar-refractivity contribution is 0.495. The number of nitrogens with zero attached hydrogens (tertiary/aromatic N) is 1. The van der Waals surface area contributed by atoms with E-state index in [1.165, 1.54) is 37.9 Å². The number of hydrazine groups is 1. The van der Waals surface area contributed by atoms with Crippen molar-refractivity contribution in [1.29, 1.82) is 0 Å². The molecule has 112 valence electrons. The van der Waals surface area contributed by atoms with Crippen LogP contribution in [0, 0.1) is 5.92 Å². The van der Waals surface area contributed by atoms with E-state index in [2.05, 4.69) is 31.1 Å². The van der Waals surface area contributed by atoms with Gasteiger partial charge in [-0.2, -0.15) is 0 Å². The van der Waals surface area contributed by atoms with Gasteiger partial charge < -0.3 is 5.43 Å². The number of nitrogens with one attached hydrogen (secondary N) is 2. The highest BCUT2D eigenvalue weighted by Gasteiger charge is 2.21. The fraction of sp³-hybridized carbons (Fsp3) is 0.583. The van der Waals surface area contributed by atoms with Crippen LogP contribution in [0.15, 0.2) is 21.6 Å². The Morgan fingerprint density at radius 2 is 2.10 bits per heavy atom. The summed E-state index contributed by atoms with van der Waals surface area (Å²) in [5, 5.41) is 0. The molecule has 1 fully saturated rings. The summed E-state index contributed by atoms with van der Waals surface area (Å²) < 4.78 is 27.8. The van der Waals surface area contributed by atoms with Gasteiger partial charge in [-0.05, 0) is 34.3 Å². The lowest BCUT2D eigenvalue weighted by atomic mass is 10.1. The highest BCUT2D eigenvalue weighted by atomic mass is 79.9. The van der Waals surface area contributed by atoms with Gasteiger partial charge in [0.05, 0.1) is 0 Å². The van der Waals surface area contributed by atoms with Crippen LogP contribution in [0.2, 0.25) is 0 Å². The van der Waals surface area contributed by atoms with Gasteiger partial charge >= 0.3 is 0 Å². The molecule has 0 amide bonds. The highest BCUT2D eigenvalue weighted by Crippen LogP contribution is 2.27. The van der Waals surface area contributed by atoms with Crippen LogP contribution >= 0.6 is 15.9 Å². The molecule has 8 heteroatoms. The average molecular weight is 363 g/mol. The second-order valence-corrected chi connectivity index (χ2v) is 7.63. The molecular weight excluding hydrogens is 344 g/mol. The van der Waals surface area contributed by atoms with Gasteiger partial charge in [0.2, 0.25) is 10.0 Å². The van der Waals surface area contributed by atoms with Gasteiger partial charge in [0, 0.05) is 17.2 Å². The molecule has 1 saturated carbocycles. The van der Waals surface area contributed by atoms with Crippen LogP contribution in [0.25, 0.3) is 0 Å². The molecule has 1 heterocycles. The first-order valence-corrected chi connectivity index (χ1v) is 8.92. The molecule has 0 saturated heterocycles. The van der Waals surface area contributed by atoms with Crippen molar-refractivity contribution in [3.05, 3.63) is 16.7 Å². The average Bonchev–Trinajstić information content (AvgIpc) is 2.91. The quantitative estimate of drug-likeness (QED) is 0.531. The Hall–Kier alpha value is -0.700. The Bertz CT molecular complexity index is 559. The first-order chi connectivity index (χ1) is 9.53. The molecule has 0 aromatic carbocycles. The van der Waals surface area contributed by atoms with Crippen LogP contribution in [-0.4, -0.2) is 19.9 Å². The summed E-state index contributed by atoms with van der Waals surface area (Å²) >= 11 is 3.22. The predicted octanol–water partition coefficient (Wildman–Crippen LogP) is 1.99. The highest BCUT2D eigenvalue weighted by molar-refractivity contribution is 9.10. The second-order valence-electron chi connectivity index (χ2n) is 4.98. The van der Waals surface area contributed by atoms with Gasteiger partial charge in [0.15, 0.2) is 5.82 Å². The molecule has 1 aliphatic carbocycles. The number of sulfonamides is 1. The molecular formula is C12H19BrN4O2S. The molecule has 0 atom stereocenters. The maximum Gasteiger partial charge on any atom is 0.244 e. The molecule has 4 N–H and O–H groups in total. The topological polar surface area (TPSA) is 97.1 Å². The van der Waals surface area contributed by atoms with E-state index in [4.69, 9.17) is 5.84 Å². The molecule has 6 nitrogen and oxygen atoms in total. The summed E-state index contributed by atoms with van der Waals surface area (Å²) in [7, 11) is -3.60. The molecule has 1 aliphatic rings. The van der Waals surface area contributed by atoms with Crippen molar-refractivity contribution in [3.63, 3.8) is 0 Å². The van der Waals surface area contributed by atoms with Gasteiger partial charge in [-0.3, -0.25) is 0 Å². The third-order valence-corrected chi connectivity index (χ3v) is 5.47. The summed E-state index contributed by atoms with van der Waals surface area (Å²) in [5.41, 5.74) is 2.31. The predicted molar refractivity (Wildman–Crippen MR) is 81.5 cm³/mol. The number of rotatable bonds is 6. The molecule has 0 aliphatic heterocycles. The summed E-state index contributed by atoms with van der Waals surface area (Å²) in [6.45, 7) is 0.448. The van der Waals surface area contributed by atoms with Crippen LogP contribution in [0.4, 0.5) is 5.82 Å². The number of hydrogen-bond donors (Lipinski definition) is 3. The van der Waals surface area contributed by atoms with Crippen LogP contribution < -0.4 is 16.0 Å². The van der Waals surface area contributed by atoms with Gasteiger partial charge in [-0.1, -0.05) is 25.7 Å². The van der Waals surface area contributed by atoms with Gasteiger partial charge in [-0.15, -0.1) is 0 Å². The summed E-state index contributed by atoms with van der Waals surface area (Å²) in [4.78, 5) is 4.00. The first-order valence-electron chi connectivity index (χ1n) is 6.65. The minimum Gasteiger partial charge on any atom is -0.307 e. The lowest BCUT2D eigenvalue weighted by Crippen LogP contribution is -2.27. The molecule has 1 aromatic heterocycles. The van der Waals surface area contributed by atoms with Crippen molar-refractivity contribution in [3.8, 4) is 0 Å². The molecule has 20 heavy (non-hydrogen) atoms. The smallest absolute Gasteiger partial charge is 0.244 e. The van der Waals surface area contributed by atoms with Crippen molar-refractivity contribution in [2.24, 2.45) is 11.8 Å². The number of anilines is 1. The van der Waals surface area contributed by atoms with Crippen LogP contribution in [0.5, 0.6) is 0 Å². The van der Waals surface area contributed by atoms with Gasteiger partial charge in [0.25, 0.3) is 0 Å². The SMILES string of the molecule is NNc1ncc(Br)cc1S(=O)(=O)NCCC1CCCC1. The van der Waals surface area contributed by atoms with Crippen molar-refractivity contribution in [2.45, 2.75) is 37.0 Å². The maximum atomic E-state index is 12.3. The number of nitrogens with two attached hydrogens (primary N) is 1. The number of nitrogen functional groups attached to an aromatic ring is 1. The van der Waals surface area contributed by atoms with E-state index < -0.39 is 10.0 Å². The zero-order chi connectivity index (χ0) is 14.6. The van der Waals surface area contributed by atoms with Crippen molar-refractivity contribution < 1.29 is 8.42 Å². The molecule has 1 aromatic rings. The Morgan fingerprint density at radius 3 is 2.75 bits per heavy atom. The number of halogens is 1. The fourth-order valence-corrected chi connectivity index (χ4v) is 4.18. The Balaban J connectivity index is 2.03. The summed E-state index contributed by atoms with van der Waals surface area (Å²) in [5.74, 6) is 6.09. The minimum absolute atomic E-state index is 0.0563. The number of aromatic nitrogens is 1. The standard InChI is InChI=1S/C12H19BrN4O2S/c13-10-7-11(12(17-14)15-8-10)20(18,19)16-6-5-9-3-1-2-4-9/h7-9,16H,1-6,14H2,(H,15,17). The largest absolute Gasteiger partial charge is 0.307 e. The van der Waals surface area contributed by atoms with Crippen LogP contribution in [0.3, 0.4) is 0 Å². The number of hydrogen-bond acceptors (Lipinski definition) is 5. The third kappa shape index (κ3) is 3.91. The second kappa shape index (κ2) is 6.84.